The summed E-state index contributed by atoms with van der Waals surface area (Å²) >= 11 is 0. The lowest BCUT2D eigenvalue weighted by molar-refractivity contribution is 0.199. The van der Waals surface area contributed by atoms with Gasteiger partial charge in [-0.05, 0) is 42.7 Å². The molecule has 1 aliphatic heterocycles. The SMILES string of the molecule is CC[C@@H](N)c1ccc(N2CCC(C(C)(C)C)CC2)cn1. The average molecular weight is 275 g/mol. The summed E-state index contributed by atoms with van der Waals surface area (Å²) < 4.78 is 0. The van der Waals surface area contributed by atoms with Crippen molar-refractivity contribution in [3.05, 3.63) is 24.0 Å². The topological polar surface area (TPSA) is 42.1 Å². The number of nitrogens with two attached hydrogens (primary N) is 1. The number of piperidine rings is 1. The summed E-state index contributed by atoms with van der Waals surface area (Å²) in [5.74, 6) is 0.833. The van der Waals surface area contributed by atoms with Gasteiger partial charge in [0.2, 0.25) is 0 Å². The molecule has 0 amide bonds. The van der Waals surface area contributed by atoms with Gasteiger partial charge in [0, 0.05) is 19.1 Å². The van der Waals surface area contributed by atoms with Crippen molar-refractivity contribution in [2.75, 3.05) is 18.0 Å². The summed E-state index contributed by atoms with van der Waals surface area (Å²) in [6.45, 7) is 11.4. The Morgan fingerprint density at radius 2 is 1.95 bits per heavy atom. The van der Waals surface area contributed by atoms with Gasteiger partial charge in [0.25, 0.3) is 0 Å². The highest BCUT2D eigenvalue weighted by Crippen LogP contribution is 2.35. The Morgan fingerprint density at radius 1 is 1.30 bits per heavy atom. The van der Waals surface area contributed by atoms with Crippen LogP contribution in [-0.4, -0.2) is 18.1 Å². The van der Waals surface area contributed by atoms with Crippen molar-refractivity contribution in [1.29, 1.82) is 0 Å². The Kier molecular flexibility index (Phi) is 4.69. The molecule has 1 aromatic heterocycles. The molecule has 1 fully saturated rings. The normalized spacial score (nSPS) is 19.1. The van der Waals surface area contributed by atoms with Crippen LogP contribution in [-0.2, 0) is 0 Å². The fraction of sp³-hybridized carbons (Fsp3) is 0.706. The molecule has 0 aliphatic carbocycles. The van der Waals surface area contributed by atoms with Gasteiger partial charge in [0.05, 0.1) is 17.6 Å². The molecule has 0 spiro atoms. The molecule has 0 radical (unpaired) electrons. The lowest BCUT2D eigenvalue weighted by atomic mass is 9.75. The Hall–Kier alpha value is -1.09. The van der Waals surface area contributed by atoms with Crippen LogP contribution in [0, 0.1) is 11.3 Å². The van der Waals surface area contributed by atoms with Crippen LogP contribution in [0.2, 0.25) is 0 Å². The molecule has 2 N–H and O–H groups in total. The van der Waals surface area contributed by atoms with Crippen molar-refractivity contribution in [1.82, 2.24) is 4.98 Å². The molecule has 0 aromatic carbocycles. The molecule has 1 saturated heterocycles. The van der Waals surface area contributed by atoms with Gasteiger partial charge < -0.3 is 10.6 Å². The van der Waals surface area contributed by atoms with E-state index >= 15 is 0 Å². The van der Waals surface area contributed by atoms with Gasteiger partial charge in [0.1, 0.15) is 0 Å². The van der Waals surface area contributed by atoms with Crippen LogP contribution in [0.5, 0.6) is 0 Å². The fourth-order valence-electron chi connectivity index (χ4n) is 3.02. The fourth-order valence-corrected chi connectivity index (χ4v) is 3.02. The van der Waals surface area contributed by atoms with Crippen molar-refractivity contribution in [3.63, 3.8) is 0 Å². The summed E-state index contributed by atoms with van der Waals surface area (Å²) in [6.07, 6.45) is 5.48. The summed E-state index contributed by atoms with van der Waals surface area (Å²) in [5, 5.41) is 0. The molecular formula is C17H29N3. The van der Waals surface area contributed by atoms with Crippen LogP contribution >= 0.6 is 0 Å². The van der Waals surface area contributed by atoms with Gasteiger partial charge >= 0.3 is 0 Å². The van der Waals surface area contributed by atoms with E-state index in [-0.39, 0.29) is 6.04 Å². The molecule has 1 aromatic rings. The van der Waals surface area contributed by atoms with Crippen molar-refractivity contribution in [2.45, 2.75) is 53.0 Å². The van der Waals surface area contributed by atoms with E-state index in [1.165, 1.54) is 18.5 Å². The highest BCUT2D eigenvalue weighted by Gasteiger charge is 2.28. The minimum Gasteiger partial charge on any atom is -0.370 e. The molecule has 112 valence electrons. The number of hydrogen-bond acceptors (Lipinski definition) is 3. The van der Waals surface area contributed by atoms with Crippen LogP contribution in [0.4, 0.5) is 5.69 Å². The minimum atomic E-state index is 0.0654. The molecular weight excluding hydrogens is 246 g/mol. The number of anilines is 1. The van der Waals surface area contributed by atoms with Crippen molar-refractivity contribution >= 4 is 5.69 Å². The zero-order valence-corrected chi connectivity index (χ0v) is 13.4. The summed E-state index contributed by atoms with van der Waals surface area (Å²) in [7, 11) is 0. The van der Waals surface area contributed by atoms with Gasteiger partial charge in [0.15, 0.2) is 0 Å². The Bertz CT molecular complexity index is 411. The molecule has 3 heteroatoms. The maximum atomic E-state index is 6.01. The van der Waals surface area contributed by atoms with E-state index in [0.717, 1.165) is 31.1 Å². The van der Waals surface area contributed by atoms with E-state index in [1.807, 2.05) is 6.20 Å². The summed E-state index contributed by atoms with van der Waals surface area (Å²) in [4.78, 5) is 6.98. The third kappa shape index (κ3) is 3.51. The number of pyridine rings is 1. The predicted molar refractivity (Wildman–Crippen MR) is 85.8 cm³/mol. The van der Waals surface area contributed by atoms with Gasteiger partial charge in [-0.2, -0.15) is 0 Å². The lowest BCUT2D eigenvalue weighted by Crippen LogP contribution is -2.38. The van der Waals surface area contributed by atoms with E-state index in [9.17, 15) is 0 Å². The first-order valence-electron chi connectivity index (χ1n) is 7.88. The van der Waals surface area contributed by atoms with Crippen molar-refractivity contribution < 1.29 is 0 Å². The van der Waals surface area contributed by atoms with Gasteiger partial charge in [-0.15, -0.1) is 0 Å². The largest absolute Gasteiger partial charge is 0.370 e. The van der Waals surface area contributed by atoms with Gasteiger partial charge in [-0.1, -0.05) is 27.7 Å². The van der Waals surface area contributed by atoms with E-state index in [2.05, 4.69) is 49.7 Å². The minimum absolute atomic E-state index is 0.0654. The zero-order chi connectivity index (χ0) is 14.8. The molecule has 3 nitrogen and oxygen atoms in total. The number of aromatic nitrogens is 1. The van der Waals surface area contributed by atoms with E-state index < -0.39 is 0 Å². The molecule has 1 aliphatic rings. The van der Waals surface area contributed by atoms with Crippen LogP contribution < -0.4 is 10.6 Å². The second-order valence-electron chi connectivity index (χ2n) is 7.08. The summed E-state index contributed by atoms with van der Waals surface area (Å²) in [5.41, 5.74) is 8.69. The highest BCUT2D eigenvalue weighted by atomic mass is 15.1. The van der Waals surface area contributed by atoms with Crippen LogP contribution in [0.15, 0.2) is 18.3 Å². The molecule has 2 heterocycles. The number of nitrogens with zero attached hydrogens (tertiary/aromatic N) is 2. The van der Waals surface area contributed by atoms with Crippen molar-refractivity contribution in [2.24, 2.45) is 17.1 Å². The predicted octanol–water partition coefficient (Wildman–Crippen LogP) is 3.75. The Labute approximate surface area is 123 Å². The number of hydrogen-bond donors (Lipinski definition) is 1. The van der Waals surface area contributed by atoms with E-state index in [0.29, 0.717) is 5.41 Å². The maximum Gasteiger partial charge on any atom is 0.0572 e. The highest BCUT2D eigenvalue weighted by molar-refractivity contribution is 5.45. The lowest BCUT2D eigenvalue weighted by Gasteiger charge is -2.39. The van der Waals surface area contributed by atoms with Crippen LogP contribution in [0.1, 0.15) is 58.7 Å². The molecule has 0 unspecified atom stereocenters. The Morgan fingerprint density at radius 3 is 2.40 bits per heavy atom. The van der Waals surface area contributed by atoms with E-state index in [4.69, 9.17) is 5.73 Å². The van der Waals surface area contributed by atoms with Gasteiger partial charge in [-0.3, -0.25) is 4.98 Å². The average Bonchev–Trinajstić information content (AvgIpc) is 2.46. The molecule has 0 saturated carbocycles. The number of rotatable bonds is 3. The van der Waals surface area contributed by atoms with Gasteiger partial charge in [-0.25, -0.2) is 0 Å². The maximum absolute atomic E-state index is 6.01. The quantitative estimate of drug-likeness (QED) is 0.913. The summed E-state index contributed by atoms with van der Waals surface area (Å²) in [6, 6.07) is 4.32. The second-order valence-corrected chi connectivity index (χ2v) is 7.08. The zero-order valence-electron chi connectivity index (χ0n) is 13.4. The first-order valence-corrected chi connectivity index (χ1v) is 7.88. The first kappa shape index (κ1) is 15.3. The molecule has 20 heavy (non-hydrogen) atoms. The standard InChI is InChI=1S/C17H29N3/c1-5-15(18)16-7-6-14(12-19-16)20-10-8-13(9-11-20)17(2,3)4/h6-7,12-13,15H,5,8-11,18H2,1-4H3/t15-/m1/s1. The molecule has 0 bridgehead atoms. The molecule has 2 rings (SSSR count). The van der Waals surface area contributed by atoms with Crippen LogP contribution in [0.3, 0.4) is 0 Å². The van der Waals surface area contributed by atoms with Crippen LogP contribution in [0.25, 0.3) is 0 Å². The van der Waals surface area contributed by atoms with Crippen molar-refractivity contribution in [3.8, 4) is 0 Å². The molecule has 1 atom stereocenters. The second kappa shape index (κ2) is 6.13. The monoisotopic (exact) mass is 275 g/mol. The third-order valence-electron chi connectivity index (χ3n) is 4.68. The first-order chi connectivity index (χ1) is 9.41. The smallest absolute Gasteiger partial charge is 0.0572 e. The Balaban J connectivity index is 1.97. The third-order valence-corrected chi connectivity index (χ3v) is 4.68. The van der Waals surface area contributed by atoms with E-state index in [1.54, 1.807) is 0 Å².